The van der Waals surface area contributed by atoms with E-state index >= 15 is 0 Å². The number of hydrogen-bond donors (Lipinski definition) is 0. The molecule has 0 rings (SSSR count). The second-order valence-electron chi connectivity index (χ2n) is 3.45. The Kier molecular flexibility index (Phi) is 15.1. The van der Waals surface area contributed by atoms with Gasteiger partial charge in [0.1, 0.15) is 0 Å². The van der Waals surface area contributed by atoms with Gasteiger partial charge in [0.2, 0.25) is 0 Å². The second-order valence-corrected chi connectivity index (χ2v) is 6.89. The summed E-state index contributed by atoms with van der Waals surface area (Å²) in [5, 5.41) is -0.00745. The quantitative estimate of drug-likeness (QED) is 0.542. The van der Waals surface area contributed by atoms with E-state index in [1.54, 1.807) is 13.8 Å². The van der Waals surface area contributed by atoms with Crippen LogP contribution in [0.25, 0.3) is 0 Å². The van der Waals surface area contributed by atoms with Crippen LogP contribution >= 0.6 is 43.1 Å². The minimum Gasteiger partial charge on any atom is -0.309 e. The Balaban J connectivity index is 0. The summed E-state index contributed by atoms with van der Waals surface area (Å²) in [5.74, 6) is 0. The van der Waals surface area contributed by atoms with Crippen LogP contribution in [0.4, 0.5) is 0 Å². The smallest absolute Gasteiger partial charge is 0.309 e. The van der Waals surface area contributed by atoms with Crippen molar-refractivity contribution in [1.29, 1.82) is 0 Å². The molecule has 0 bridgehead atoms. The number of halogens is 3. The van der Waals surface area contributed by atoms with E-state index in [1.165, 1.54) is 0 Å². The average Bonchev–Trinajstić information content (AvgIpc) is 2.10. The first-order valence-corrected chi connectivity index (χ1v) is 7.50. The van der Waals surface area contributed by atoms with E-state index in [0.717, 1.165) is 0 Å². The van der Waals surface area contributed by atoms with E-state index in [-0.39, 0.29) is 24.0 Å². The summed E-state index contributed by atoms with van der Waals surface area (Å²) in [6.45, 7) is 7.83. The number of alkyl halides is 3. The SMILES string of the molecule is CC(C)Cl.CC(Cl)CO[PH](=O)OCC(C)Cl. The lowest BCUT2D eigenvalue weighted by Gasteiger charge is -2.06. The van der Waals surface area contributed by atoms with Gasteiger partial charge in [-0.1, -0.05) is 0 Å². The molecule has 0 heterocycles. The third-order valence-corrected chi connectivity index (χ3v) is 1.92. The predicted octanol–water partition coefficient (Wildman–Crippen LogP) is 4.30. The van der Waals surface area contributed by atoms with Crippen LogP contribution in [-0.4, -0.2) is 29.3 Å². The van der Waals surface area contributed by atoms with Gasteiger partial charge in [0.25, 0.3) is 0 Å². The Bertz CT molecular complexity index is 161. The maximum absolute atomic E-state index is 10.9. The maximum atomic E-state index is 10.9. The average molecular weight is 314 g/mol. The van der Waals surface area contributed by atoms with Crippen molar-refractivity contribution < 1.29 is 13.6 Å². The molecule has 0 aliphatic rings. The van der Waals surface area contributed by atoms with Crippen LogP contribution in [0.15, 0.2) is 0 Å². The molecule has 0 N–H and O–H groups in total. The van der Waals surface area contributed by atoms with Gasteiger partial charge < -0.3 is 9.05 Å². The zero-order valence-corrected chi connectivity index (χ0v) is 13.3. The summed E-state index contributed by atoms with van der Waals surface area (Å²) in [5.41, 5.74) is 0. The Morgan fingerprint density at radius 2 is 1.19 bits per heavy atom. The second kappa shape index (κ2) is 12.5. The van der Waals surface area contributed by atoms with Crippen molar-refractivity contribution in [2.24, 2.45) is 0 Å². The third kappa shape index (κ3) is 24.3. The van der Waals surface area contributed by atoms with Crippen LogP contribution in [0.1, 0.15) is 27.7 Å². The molecule has 0 radical (unpaired) electrons. The molecule has 0 aromatic heterocycles. The Morgan fingerprint density at radius 1 is 0.938 bits per heavy atom. The normalized spacial score (nSPS) is 16.2. The lowest BCUT2D eigenvalue weighted by molar-refractivity contribution is 0.228. The summed E-state index contributed by atoms with van der Waals surface area (Å²) in [4.78, 5) is 0. The van der Waals surface area contributed by atoms with Crippen molar-refractivity contribution in [3.63, 3.8) is 0 Å². The summed E-state index contributed by atoms with van der Waals surface area (Å²) >= 11 is 16.4. The molecule has 0 aliphatic carbocycles. The van der Waals surface area contributed by atoms with Gasteiger partial charge in [-0.25, -0.2) is 0 Å². The molecule has 0 aliphatic heterocycles. The zero-order chi connectivity index (χ0) is 13.1. The van der Waals surface area contributed by atoms with Crippen molar-refractivity contribution in [2.45, 2.75) is 43.8 Å². The van der Waals surface area contributed by atoms with Crippen molar-refractivity contribution in [1.82, 2.24) is 0 Å². The highest BCUT2D eigenvalue weighted by atomic mass is 35.5. The molecule has 16 heavy (non-hydrogen) atoms. The number of rotatable bonds is 6. The molecule has 7 heteroatoms. The topological polar surface area (TPSA) is 35.5 Å². The lowest BCUT2D eigenvalue weighted by atomic mass is 10.5. The monoisotopic (exact) mass is 312 g/mol. The van der Waals surface area contributed by atoms with E-state index in [1.807, 2.05) is 13.8 Å². The first-order valence-electron chi connectivity index (χ1n) is 4.97. The van der Waals surface area contributed by atoms with Crippen LogP contribution < -0.4 is 0 Å². The Hall–Kier alpha value is 1.02. The van der Waals surface area contributed by atoms with Gasteiger partial charge in [0.05, 0.1) is 24.0 Å². The molecule has 0 amide bonds. The predicted molar refractivity (Wildman–Crippen MR) is 72.5 cm³/mol. The summed E-state index contributed by atoms with van der Waals surface area (Å²) in [6.07, 6.45) is 0. The third-order valence-electron chi connectivity index (χ3n) is 0.862. The van der Waals surface area contributed by atoms with E-state index in [9.17, 15) is 4.57 Å². The Morgan fingerprint density at radius 3 is 1.38 bits per heavy atom. The van der Waals surface area contributed by atoms with E-state index in [4.69, 9.17) is 43.9 Å². The molecule has 0 fully saturated rings. The molecule has 0 aromatic carbocycles. The van der Waals surface area contributed by atoms with Crippen LogP contribution in [0, 0.1) is 0 Å². The minimum atomic E-state index is -2.40. The lowest BCUT2D eigenvalue weighted by Crippen LogP contribution is -2.03. The van der Waals surface area contributed by atoms with E-state index in [2.05, 4.69) is 0 Å². The fraction of sp³-hybridized carbons (Fsp3) is 1.00. The highest BCUT2D eigenvalue weighted by molar-refractivity contribution is 7.33. The molecule has 0 spiro atoms. The first-order chi connectivity index (χ1) is 7.25. The van der Waals surface area contributed by atoms with Crippen LogP contribution in [-0.2, 0) is 13.6 Å². The standard InChI is InChI=1S/C6H13Cl2O3P.C3H7Cl/c1-5(7)3-10-12(9)11-4-6(2)8;1-3(2)4/h5-6,12H,3-4H2,1-2H3;3H,1-2H3. The van der Waals surface area contributed by atoms with Gasteiger partial charge in [0.15, 0.2) is 0 Å². The van der Waals surface area contributed by atoms with E-state index in [0.29, 0.717) is 5.38 Å². The fourth-order valence-electron chi connectivity index (χ4n) is 0.407. The van der Waals surface area contributed by atoms with Crippen molar-refractivity contribution in [2.75, 3.05) is 13.2 Å². The van der Waals surface area contributed by atoms with Gasteiger partial charge >= 0.3 is 8.25 Å². The molecule has 100 valence electrons. The molecule has 0 aromatic rings. The highest BCUT2D eigenvalue weighted by Gasteiger charge is 2.04. The summed E-state index contributed by atoms with van der Waals surface area (Å²) in [6, 6.07) is 0. The van der Waals surface area contributed by atoms with Crippen LogP contribution in [0.2, 0.25) is 0 Å². The van der Waals surface area contributed by atoms with Crippen molar-refractivity contribution in [3.05, 3.63) is 0 Å². The first kappa shape index (κ1) is 19.4. The minimum absolute atomic E-state index is 0.157. The van der Waals surface area contributed by atoms with Crippen LogP contribution in [0.3, 0.4) is 0 Å². The van der Waals surface area contributed by atoms with Gasteiger partial charge in [-0.3, -0.25) is 4.57 Å². The summed E-state index contributed by atoms with van der Waals surface area (Å²) in [7, 11) is -2.40. The fourth-order valence-corrected chi connectivity index (χ4v) is 1.60. The largest absolute Gasteiger partial charge is 0.319 e. The highest BCUT2D eigenvalue weighted by Crippen LogP contribution is 2.24. The van der Waals surface area contributed by atoms with Crippen LogP contribution in [0.5, 0.6) is 0 Å². The van der Waals surface area contributed by atoms with Crippen molar-refractivity contribution >= 4 is 43.1 Å². The molecule has 0 saturated carbocycles. The van der Waals surface area contributed by atoms with Gasteiger partial charge in [-0.15, -0.1) is 34.8 Å². The molecule has 2 atom stereocenters. The summed E-state index contributed by atoms with van der Waals surface area (Å²) < 4.78 is 20.4. The number of hydrogen-bond acceptors (Lipinski definition) is 3. The van der Waals surface area contributed by atoms with E-state index < -0.39 is 8.25 Å². The maximum Gasteiger partial charge on any atom is 0.319 e. The van der Waals surface area contributed by atoms with Crippen molar-refractivity contribution in [3.8, 4) is 0 Å². The molecular formula is C9H20Cl3O3P. The zero-order valence-electron chi connectivity index (χ0n) is 10.0. The molecule has 2 unspecified atom stereocenters. The molecular weight excluding hydrogens is 293 g/mol. The van der Waals surface area contributed by atoms with Gasteiger partial charge in [-0.05, 0) is 27.7 Å². The van der Waals surface area contributed by atoms with Gasteiger partial charge in [0, 0.05) is 5.38 Å². The van der Waals surface area contributed by atoms with Gasteiger partial charge in [-0.2, -0.15) is 0 Å². The molecule has 0 saturated heterocycles. The Labute approximate surface area is 114 Å². The molecule has 3 nitrogen and oxygen atoms in total.